The molecule has 0 aliphatic heterocycles. The van der Waals surface area contributed by atoms with Crippen molar-refractivity contribution in [3.63, 3.8) is 0 Å². The average Bonchev–Trinajstić information content (AvgIpc) is 2.28. The van der Waals surface area contributed by atoms with Crippen LogP contribution in [0.3, 0.4) is 0 Å². The highest BCUT2D eigenvalue weighted by atomic mass is 16.5. The minimum absolute atomic E-state index is 0.0987. The van der Waals surface area contributed by atoms with E-state index >= 15 is 0 Å². The summed E-state index contributed by atoms with van der Waals surface area (Å²) in [5.74, 6) is -2.11. The van der Waals surface area contributed by atoms with Crippen LogP contribution in [0.25, 0.3) is 0 Å². The molecular weight excluding hydrogens is 240 g/mol. The number of aromatic hydroxyl groups is 5. The Kier molecular flexibility index (Phi) is 2.77. The van der Waals surface area contributed by atoms with Crippen molar-refractivity contribution in [2.24, 2.45) is 0 Å². The van der Waals surface area contributed by atoms with Gasteiger partial charge in [-0.15, -0.1) is 0 Å². The zero-order valence-corrected chi connectivity index (χ0v) is 9.03. The number of hydrogen-bond acceptors (Lipinski definition) is 6. The Bertz CT molecular complexity index is 570. The first-order chi connectivity index (χ1) is 8.47. The molecule has 5 N–H and O–H groups in total. The molecule has 0 aliphatic rings. The van der Waals surface area contributed by atoms with Crippen LogP contribution in [-0.4, -0.2) is 25.5 Å². The van der Waals surface area contributed by atoms with Gasteiger partial charge >= 0.3 is 0 Å². The zero-order chi connectivity index (χ0) is 13.3. The van der Waals surface area contributed by atoms with Crippen LogP contribution in [0.1, 0.15) is 0 Å². The first-order valence-electron chi connectivity index (χ1n) is 4.92. The van der Waals surface area contributed by atoms with Crippen LogP contribution in [0.4, 0.5) is 0 Å². The lowest BCUT2D eigenvalue weighted by atomic mass is 10.2. The Hall–Kier alpha value is -2.76. The number of ether oxygens (including phenoxy) is 1. The van der Waals surface area contributed by atoms with Gasteiger partial charge < -0.3 is 30.3 Å². The molecule has 0 unspecified atom stereocenters. The van der Waals surface area contributed by atoms with Crippen LogP contribution in [0.5, 0.6) is 40.2 Å². The van der Waals surface area contributed by atoms with Gasteiger partial charge in [0.1, 0.15) is 11.5 Å². The molecule has 0 bridgehead atoms. The second-order valence-electron chi connectivity index (χ2n) is 3.57. The molecular formula is C12H10O6. The van der Waals surface area contributed by atoms with Gasteiger partial charge in [0.05, 0.1) is 0 Å². The fraction of sp³-hybridized carbons (Fsp3) is 0. The molecule has 2 aromatic rings. The van der Waals surface area contributed by atoms with Gasteiger partial charge in [-0.25, -0.2) is 0 Å². The van der Waals surface area contributed by atoms with Crippen molar-refractivity contribution >= 4 is 0 Å². The molecule has 0 amide bonds. The van der Waals surface area contributed by atoms with E-state index in [1.807, 2.05) is 0 Å². The van der Waals surface area contributed by atoms with E-state index in [1.54, 1.807) is 0 Å². The van der Waals surface area contributed by atoms with Gasteiger partial charge in [-0.2, -0.15) is 0 Å². The number of phenolic OH excluding ortho intramolecular Hbond substituents is 5. The lowest BCUT2D eigenvalue weighted by Crippen LogP contribution is -1.86. The lowest BCUT2D eigenvalue weighted by Gasteiger charge is -2.10. The van der Waals surface area contributed by atoms with Crippen molar-refractivity contribution < 1.29 is 30.3 Å². The summed E-state index contributed by atoms with van der Waals surface area (Å²) in [6, 6.07) is 5.63. The van der Waals surface area contributed by atoms with E-state index < -0.39 is 17.2 Å². The standard InChI is InChI=1S/C12H10O6/c13-6-3-10(16)12(11(17)4-6)18-7-1-2-8(14)9(15)5-7/h1-5,13-17H. The first kappa shape index (κ1) is 11.7. The maximum atomic E-state index is 9.50. The van der Waals surface area contributed by atoms with Crippen molar-refractivity contribution in [3.8, 4) is 40.2 Å². The van der Waals surface area contributed by atoms with Gasteiger partial charge in [0.15, 0.2) is 23.0 Å². The van der Waals surface area contributed by atoms with Gasteiger partial charge in [-0.05, 0) is 12.1 Å². The molecule has 2 rings (SSSR count). The van der Waals surface area contributed by atoms with Gasteiger partial charge in [0, 0.05) is 18.2 Å². The smallest absolute Gasteiger partial charge is 0.210 e. The van der Waals surface area contributed by atoms with Crippen molar-refractivity contribution in [3.05, 3.63) is 30.3 Å². The maximum absolute atomic E-state index is 9.50. The molecule has 0 heterocycles. The van der Waals surface area contributed by atoms with E-state index in [2.05, 4.69) is 0 Å². The number of rotatable bonds is 2. The summed E-state index contributed by atoms with van der Waals surface area (Å²) in [6.07, 6.45) is 0. The largest absolute Gasteiger partial charge is 0.508 e. The van der Waals surface area contributed by atoms with E-state index in [4.69, 9.17) is 14.9 Å². The molecule has 0 atom stereocenters. The second kappa shape index (κ2) is 4.25. The first-order valence-corrected chi connectivity index (χ1v) is 4.92. The van der Waals surface area contributed by atoms with E-state index in [-0.39, 0.29) is 23.0 Å². The zero-order valence-electron chi connectivity index (χ0n) is 9.03. The quantitative estimate of drug-likeness (QED) is 0.521. The molecule has 6 nitrogen and oxygen atoms in total. The van der Waals surface area contributed by atoms with Crippen LogP contribution < -0.4 is 4.74 Å². The van der Waals surface area contributed by atoms with Crippen LogP contribution in [0.15, 0.2) is 30.3 Å². The highest BCUT2D eigenvalue weighted by molar-refractivity contribution is 5.56. The molecule has 0 saturated heterocycles. The predicted molar refractivity (Wildman–Crippen MR) is 61.3 cm³/mol. The third kappa shape index (κ3) is 2.17. The van der Waals surface area contributed by atoms with Gasteiger partial charge in [0.2, 0.25) is 5.75 Å². The van der Waals surface area contributed by atoms with E-state index in [0.717, 1.165) is 18.2 Å². The number of benzene rings is 2. The Morgan fingerprint density at radius 1 is 0.667 bits per heavy atom. The van der Waals surface area contributed by atoms with Crippen LogP contribution >= 0.6 is 0 Å². The second-order valence-corrected chi connectivity index (χ2v) is 3.57. The van der Waals surface area contributed by atoms with Crippen molar-refractivity contribution in [1.82, 2.24) is 0 Å². The molecule has 0 aromatic heterocycles. The summed E-state index contributed by atoms with van der Waals surface area (Å²) in [5.41, 5.74) is 0. The van der Waals surface area contributed by atoms with Crippen LogP contribution in [-0.2, 0) is 0 Å². The molecule has 0 fully saturated rings. The molecule has 18 heavy (non-hydrogen) atoms. The van der Waals surface area contributed by atoms with Crippen LogP contribution in [0.2, 0.25) is 0 Å². The molecule has 0 radical (unpaired) electrons. The van der Waals surface area contributed by atoms with Gasteiger partial charge in [-0.3, -0.25) is 0 Å². The average molecular weight is 250 g/mol. The lowest BCUT2D eigenvalue weighted by molar-refractivity contribution is 0.364. The highest BCUT2D eigenvalue weighted by Crippen LogP contribution is 2.42. The fourth-order valence-corrected chi connectivity index (χ4v) is 1.37. The summed E-state index contributed by atoms with van der Waals surface area (Å²) in [7, 11) is 0. The highest BCUT2D eigenvalue weighted by Gasteiger charge is 2.13. The Morgan fingerprint density at radius 2 is 1.28 bits per heavy atom. The van der Waals surface area contributed by atoms with E-state index in [9.17, 15) is 15.3 Å². The normalized spacial score (nSPS) is 10.2. The number of hydrogen-bond donors (Lipinski definition) is 5. The van der Waals surface area contributed by atoms with Crippen molar-refractivity contribution in [2.75, 3.05) is 0 Å². The third-order valence-corrected chi connectivity index (χ3v) is 2.20. The fourth-order valence-electron chi connectivity index (χ4n) is 1.37. The third-order valence-electron chi connectivity index (χ3n) is 2.20. The minimum Gasteiger partial charge on any atom is -0.508 e. The minimum atomic E-state index is -0.458. The van der Waals surface area contributed by atoms with E-state index in [1.165, 1.54) is 12.1 Å². The summed E-state index contributed by atoms with van der Waals surface area (Å²) in [6.45, 7) is 0. The summed E-state index contributed by atoms with van der Waals surface area (Å²) < 4.78 is 5.15. The van der Waals surface area contributed by atoms with Gasteiger partial charge in [-0.1, -0.05) is 0 Å². The predicted octanol–water partition coefficient (Wildman–Crippen LogP) is 2.01. The summed E-state index contributed by atoms with van der Waals surface area (Å²) in [5, 5.41) is 46.5. The van der Waals surface area contributed by atoms with Crippen molar-refractivity contribution in [2.45, 2.75) is 0 Å². The molecule has 0 spiro atoms. The van der Waals surface area contributed by atoms with Gasteiger partial charge in [0.25, 0.3) is 0 Å². The Morgan fingerprint density at radius 3 is 1.83 bits per heavy atom. The topological polar surface area (TPSA) is 110 Å². The summed E-state index contributed by atoms with van der Waals surface area (Å²) >= 11 is 0. The Labute approximate surface area is 102 Å². The molecule has 0 aliphatic carbocycles. The van der Waals surface area contributed by atoms with Crippen molar-refractivity contribution in [1.29, 1.82) is 0 Å². The molecule has 2 aromatic carbocycles. The molecule has 94 valence electrons. The van der Waals surface area contributed by atoms with Crippen LogP contribution in [0, 0.1) is 0 Å². The monoisotopic (exact) mass is 250 g/mol. The summed E-state index contributed by atoms with van der Waals surface area (Å²) in [4.78, 5) is 0. The Balaban J connectivity index is 2.37. The number of phenols is 5. The molecule has 6 heteroatoms. The molecule has 0 saturated carbocycles. The van der Waals surface area contributed by atoms with E-state index in [0.29, 0.717) is 0 Å². The maximum Gasteiger partial charge on any atom is 0.210 e. The SMILES string of the molecule is Oc1cc(O)c(Oc2ccc(O)c(O)c2)c(O)c1.